The minimum atomic E-state index is 0. The summed E-state index contributed by atoms with van der Waals surface area (Å²) < 4.78 is 15.9. The Hall–Kier alpha value is -8.16. The summed E-state index contributed by atoms with van der Waals surface area (Å²) in [4.78, 5) is 18.7. The van der Waals surface area contributed by atoms with Gasteiger partial charge in [-0.1, -0.05) is 48.5 Å². The van der Waals surface area contributed by atoms with E-state index >= 15 is 0 Å². The van der Waals surface area contributed by atoms with Crippen LogP contribution in [-0.4, -0.2) is 78.2 Å². The molecule has 0 N–H and O–H groups in total. The number of hydrogen-bond acceptors (Lipinski definition) is 8. The van der Waals surface area contributed by atoms with Crippen molar-refractivity contribution in [2.75, 3.05) is 0 Å². The third-order valence-electron chi connectivity index (χ3n) is 14.3. The zero-order valence-electron chi connectivity index (χ0n) is 52.4. The molecule has 12 aromatic rings. The molecule has 458 valence electrons. The van der Waals surface area contributed by atoms with Crippen molar-refractivity contribution in [2.45, 2.75) is 163 Å². The van der Waals surface area contributed by atoms with Crippen LogP contribution in [0, 0.1) is 111 Å². The van der Waals surface area contributed by atoms with Gasteiger partial charge in [0.05, 0.1) is 45.6 Å². The van der Waals surface area contributed by atoms with Crippen molar-refractivity contribution in [3.05, 3.63) is 234 Å². The SMILES string of the molecule is Cc1cc(C)n(Cc2ccc(Cn3nc(C)cc3C)[n-]2)n1.Cc1cc(C)n(Cc2ccc(Cn3nc(C)cc3C)[n-]2)n1.Cc1cc(C)n(Cc2ccc(Cn3nc(C)cc3C)[n-]2)n1.Cc1cc(C)n(Cc2ccc(Cn3nc(C)cc3C)[n-]2)n1.[Cu+2].[Cu+2]. The van der Waals surface area contributed by atoms with Gasteiger partial charge in [0.2, 0.25) is 0 Å². The molecule has 22 heteroatoms. The molecule has 20 nitrogen and oxygen atoms in total. The predicted molar refractivity (Wildman–Crippen MR) is 325 cm³/mol. The van der Waals surface area contributed by atoms with Gasteiger partial charge in [-0.3, -0.25) is 37.5 Å². The summed E-state index contributed by atoms with van der Waals surface area (Å²) in [5.74, 6) is 0. The molecule has 0 fully saturated rings. The van der Waals surface area contributed by atoms with Crippen molar-refractivity contribution < 1.29 is 34.1 Å². The van der Waals surface area contributed by atoms with Gasteiger partial charge in [0.25, 0.3) is 0 Å². The Morgan fingerprint density at radius 2 is 0.314 bits per heavy atom. The second-order valence-electron chi connectivity index (χ2n) is 22.4. The third kappa shape index (κ3) is 17.5. The van der Waals surface area contributed by atoms with E-state index in [-0.39, 0.29) is 34.1 Å². The quantitative estimate of drug-likeness (QED) is 0.0832. The molecule has 0 saturated carbocycles. The second kappa shape index (κ2) is 28.8. The van der Waals surface area contributed by atoms with E-state index in [2.05, 4.69) is 213 Å². The molecule has 0 spiro atoms. The van der Waals surface area contributed by atoms with E-state index in [0.29, 0.717) is 0 Å². The first kappa shape index (κ1) is 65.4. The molecule has 0 saturated heterocycles. The average Bonchev–Trinajstić information content (AvgIpc) is 4.12. The van der Waals surface area contributed by atoms with Crippen LogP contribution in [0.4, 0.5) is 0 Å². The van der Waals surface area contributed by atoms with Crippen molar-refractivity contribution in [1.29, 1.82) is 0 Å². The van der Waals surface area contributed by atoms with Crippen LogP contribution >= 0.6 is 0 Å². The second-order valence-corrected chi connectivity index (χ2v) is 22.4. The van der Waals surface area contributed by atoms with E-state index in [1.165, 1.54) is 0 Å². The monoisotopic (exact) mass is 1250 g/mol. The van der Waals surface area contributed by atoms with E-state index in [0.717, 1.165) is 189 Å². The van der Waals surface area contributed by atoms with Crippen molar-refractivity contribution in [1.82, 2.24) is 98.2 Å². The molecule has 0 bridgehead atoms. The molecule has 86 heavy (non-hydrogen) atoms. The zero-order chi connectivity index (χ0) is 59.9. The van der Waals surface area contributed by atoms with Crippen LogP contribution in [0.5, 0.6) is 0 Å². The van der Waals surface area contributed by atoms with E-state index in [9.17, 15) is 0 Å². The van der Waals surface area contributed by atoms with Gasteiger partial charge in [-0.25, -0.2) is 0 Å². The normalized spacial score (nSPS) is 11.0. The fourth-order valence-corrected chi connectivity index (χ4v) is 10.4. The Bertz CT molecular complexity index is 3320. The minimum Gasteiger partial charge on any atom is -0.662 e. The molecule has 0 aliphatic heterocycles. The summed E-state index contributed by atoms with van der Waals surface area (Å²) in [5, 5.41) is 35.8. The van der Waals surface area contributed by atoms with Crippen LogP contribution < -0.4 is 19.9 Å². The van der Waals surface area contributed by atoms with E-state index in [4.69, 9.17) is 0 Å². The van der Waals surface area contributed by atoms with Gasteiger partial charge in [0.15, 0.2) is 0 Å². The van der Waals surface area contributed by atoms with Crippen LogP contribution in [-0.2, 0) is 86.5 Å². The van der Waals surface area contributed by atoms with Gasteiger partial charge in [0.1, 0.15) is 0 Å². The first-order chi connectivity index (χ1) is 40.0. The number of rotatable bonds is 16. The number of aromatic nitrogens is 20. The van der Waals surface area contributed by atoms with Crippen LogP contribution in [0.3, 0.4) is 0 Å². The zero-order valence-corrected chi connectivity index (χ0v) is 54.3. The van der Waals surface area contributed by atoms with E-state index < -0.39 is 0 Å². The standard InChI is InChI=1S/4C16H20N5.2Cu/c4*1-11-7-13(3)20(18-11)9-15-5-6-16(17-15)10-21-14(4)8-12(2)19-21;;/h4*5-8H,9-10H2,1-4H3;;/q4*-1;2*+2. The molecule has 12 heterocycles. The largest absolute Gasteiger partial charge is 2.00 e. The Morgan fingerprint density at radius 3 is 0.395 bits per heavy atom. The van der Waals surface area contributed by atoms with Crippen LogP contribution in [0.25, 0.3) is 0 Å². The van der Waals surface area contributed by atoms with E-state index in [1.807, 2.05) is 92.8 Å². The molecule has 0 aliphatic carbocycles. The van der Waals surface area contributed by atoms with Gasteiger partial charge in [-0.2, -0.15) is 40.8 Å². The van der Waals surface area contributed by atoms with Gasteiger partial charge in [-0.05, 0) is 159 Å². The number of nitrogens with zero attached hydrogens (tertiary/aromatic N) is 20. The topological polar surface area (TPSA) is 199 Å². The maximum absolute atomic E-state index is 4.68. The smallest absolute Gasteiger partial charge is 0.662 e. The maximum Gasteiger partial charge on any atom is 2.00 e. The summed E-state index contributed by atoms with van der Waals surface area (Å²) in [5.41, 5.74) is 26.0. The average molecular weight is 1260 g/mol. The molecule has 12 rings (SSSR count). The maximum atomic E-state index is 4.68. The summed E-state index contributed by atoms with van der Waals surface area (Å²) in [7, 11) is 0. The summed E-state index contributed by atoms with van der Waals surface area (Å²) in [6, 6.07) is 33.2. The molecule has 0 aromatic carbocycles. The fourth-order valence-electron chi connectivity index (χ4n) is 10.4. The van der Waals surface area contributed by atoms with Gasteiger partial charge in [0, 0.05) is 97.9 Å². The van der Waals surface area contributed by atoms with Gasteiger partial charge >= 0.3 is 34.1 Å². The molecule has 0 unspecified atom stereocenters. The predicted octanol–water partition coefficient (Wildman–Crippen LogP) is 9.46. The van der Waals surface area contributed by atoms with E-state index in [1.54, 1.807) is 0 Å². The number of aryl methyl sites for hydroxylation is 16. The van der Waals surface area contributed by atoms with Crippen molar-refractivity contribution in [2.24, 2.45) is 0 Å². The Labute approximate surface area is 526 Å². The minimum absolute atomic E-state index is 0. The Morgan fingerprint density at radius 1 is 0.209 bits per heavy atom. The third-order valence-corrected chi connectivity index (χ3v) is 14.3. The molecule has 2 radical (unpaired) electrons. The molecular formula is C64H80Cu2N20. The van der Waals surface area contributed by atoms with Crippen LogP contribution in [0.1, 0.15) is 137 Å². The summed E-state index contributed by atoms with van der Waals surface area (Å²) in [6.45, 7) is 38.4. The molecule has 0 atom stereocenters. The Balaban J connectivity index is 0.000000163. The molecule has 0 amide bonds. The summed E-state index contributed by atoms with van der Waals surface area (Å²) in [6.07, 6.45) is 0. The summed E-state index contributed by atoms with van der Waals surface area (Å²) >= 11 is 0. The van der Waals surface area contributed by atoms with Crippen LogP contribution in [0.15, 0.2) is 97.1 Å². The molecular weight excluding hydrogens is 1180 g/mol. The van der Waals surface area contributed by atoms with Gasteiger partial charge in [-0.15, -0.1) is 45.6 Å². The van der Waals surface area contributed by atoms with Crippen molar-refractivity contribution in [3.63, 3.8) is 0 Å². The van der Waals surface area contributed by atoms with Crippen molar-refractivity contribution >= 4 is 0 Å². The molecule has 12 aromatic heterocycles. The number of hydrogen-bond donors (Lipinski definition) is 0. The van der Waals surface area contributed by atoms with Crippen molar-refractivity contribution in [3.8, 4) is 0 Å². The molecule has 0 aliphatic rings. The first-order valence-corrected chi connectivity index (χ1v) is 28.6. The fraction of sp³-hybridized carbons (Fsp3) is 0.375. The van der Waals surface area contributed by atoms with Gasteiger partial charge < -0.3 is 19.9 Å². The Kier molecular flexibility index (Phi) is 21.9. The van der Waals surface area contributed by atoms with Crippen LogP contribution in [0.2, 0.25) is 0 Å². The first-order valence-electron chi connectivity index (χ1n) is 28.6.